The van der Waals surface area contributed by atoms with E-state index in [1.54, 1.807) is 0 Å². The van der Waals surface area contributed by atoms with E-state index >= 15 is 0 Å². The molecule has 0 bridgehead atoms. The molecule has 0 spiro atoms. The molecule has 15 nitrogen and oxygen atoms in total. The highest BCUT2D eigenvalue weighted by Crippen LogP contribution is 2.03. The molecule has 0 aromatic rings. The monoisotopic (exact) mass is 479 g/mol. The van der Waals surface area contributed by atoms with Crippen LogP contribution in [0.2, 0.25) is 0 Å². The maximum atomic E-state index is 12.5. The Balaban J connectivity index is 5.51. The molecule has 0 aromatic heterocycles. The van der Waals surface area contributed by atoms with Gasteiger partial charge in [0.05, 0.1) is 18.9 Å². The molecular weight excluding hydrogens is 454 g/mol. The molecule has 0 radical (unpaired) electrons. The number of carbonyl (C=O) groups excluding carboxylic acids is 4. The minimum atomic E-state index is -1.75. The number of hydrogen-bond donors (Lipinski definition) is 9. The summed E-state index contributed by atoms with van der Waals surface area (Å²) in [5.74, 6) is -8.82. The van der Waals surface area contributed by atoms with Crippen molar-refractivity contribution >= 4 is 54.2 Å². The molecule has 0 aromatic carbocycles. The molecule has 0 aliphatic carbocycles. The Morgan fingerprint density at radius 1 is 0.750 bits per heavy atom. The molecule has 180 valence electrons. The maximum absolute atomic E-state index is 12.5. The zero-order chi connectivity index (χ0) is 25.0. The van der Waals surface area contributed by atoms with E-state index in [4.69, 9.17) is 26.8 Å². The third kappa shape index (κ3) is 11.1. The number of carboxylic acid groups (broad SMARTS) is 3. The van der Waals surface area contributed by atoms with Gasteiger partial charge in [0.1, 0.15) is 18.1 Å². The lowest BCUT2D eigenvalue weighted by Crippen LogP contribution is -2.58. The molecule has 4 unspecified atom stereocenters. The second-order valence-electron chi connectivity index (χ2n) is 6.51. The van der Waals surface area contributed by atoms with Crippen LogP contribution in [0.3, 0.4) is 0 Å². The lowest BCUT2D eigenvalue weighted by atomic mass is 10.1. The first-order valence-electron chi connectivity index (χ1n) is 9.00. The standard InChI is InChI=1S/C16H25N5O10S/c17-6(3-10(18)22)13(27)20-8(4-12(25)26)15(29)19-7(1-2-11(23)24)14(28)21-9(5-32)16(30)31/h6-9,32H,1-5,17H2,(H2,18,22)(H,19,29)(H,20,27)(H,21,28)(H,23,24)(H,25,26)(H,30,31). The molecule has 0 fully saturated rings. The van der Waals surface area contributed by atoms with Crippen molar-refractivity contribution in [2.24, 2.45) is 11.5 Å². The van der Waals surface area contributed by atoms with Crippen LogP contribution in [0.15, 0.2) is 0 Å². The summed E-state index contributed by atoms with van der Waals surface area (Å²) in [5.41, 5.74) is 10.4. The number of primary amides is 1. The Hall–Kier alpha value is -3.40. The van der Waals surface area contributed by atoms with Gasteiger partial charge >= 0.3 is 17.9 Å². The van der Waals surface area contributed by atoms with Crippen LogP contribution >= 0.6 is 12.6 Å². The van der Waals surface area contributed by atoms with E-state index < -0.39 is 91.4 Å². The highest BCUT2D eigenvalue weighted by Gasteiger charge is 2.31. The molecule has 0 aliphatic heterocycles. The van der Waals surface area contributed by atoms with Crippen LogP contribution in [0.4, 0.5) is 0 Å². The van der Waals surface area contributed by atoms with E-state index in [1.807, 2.05) is 5.32 Å². The maximum Gasteiger partial charge on any atom is 0.327 e. The normalized spacial score (nSPS) is 14.2. The van der Waals surface area contributed by atoms with Crippen molar-refractivity contribution in [3.05, 3.63) is 0 Å². The van der Waals surface area contributed by atoms with Gasteiger partial charge in [-0.3, -0.25) is 28.8 Å². The molecule has 32 heavy (non-hydrogen) atoms. The summed E-state index contributed by atoms with van der Waals surface area (Å²) in [5, 5.41) is 33.0. The first-order chi connectivity index (χ1) is 14.8. The Morgan fingerprint density at radius 2 is 1.25 bits per heavy atom. The molecular formula is C16H25N5O10S. The summed E-state index contributed by atoms with van der Waals surface area (Å²) in [6.07, 6.45) is -2.60. The van der Waals surface area contributed by atoms with Crippen molar-refractivity contribution in [2.75, 3.05) is 5.75 Å². The fourth-order valence-corrected chi connectivity index (χ4v) is 2.49. The van der Waals surface area contributed by atoms with Gasteiger partial charge in [0.2, 0.25) is 23.6 Å². The van der Waals surface area contributed by atoms with E-state index in [1.165, 1.54) is 0 Å². The van der Waals surface area contributed by atoms with Crippen molar-refractivity contribution in [3.8, 4) is 0 Å². The Labute approximate surface area is 186 Å². The van der Waals surface area contributed by atoms with E-state index in [9.17, 15) is 33.6 Å². The van der Waals surface area contributed by atoms with Crippen LogP contribution in [0.25, 0.3) is 0 Å². The van der Waals surface area contributed by atoms with Crippen molar-refractivity contribution in [1.29, 1.82) is 0 Å². The summed E-state index contributed by atoms with van der Waals surface area (Å²) < 4.78 is 0. The van der Waals surface area contributed by atoms with Crippen LogP contribution in [0.5, 0.6) is 0 Å². The summed E-state index contributed by atoms with van der Waals surface area (Å²) in [6.45, 7) is 0. The zero-order valence-electron chi connectivity index (χ0n) is 16.6. The Morgan fingerprint density at radius 3 is 1.69 bits per heavy atom. The van der Waals surface area contributed by atoms with Crippen molar-refractivity contribution in [1.82, 2.24) is 16.0 Å². The molecule has 0 saturated carbocycles. The average Bonchev–Trinajstić information content (AvgIpc) is 2.66. The molecule has 10 N–H and O–H groups in total. The highest BCUT2D eigenvalue weighted by atomic mass is 32.1. The summed E-state index contributed by atoms with van der Waals surface area (Å²) in [7, 11) is 0. The average molecular weight is 479 g/mol. The van der Waals surface area contributed by atoms with Crippen LogP contribution in [-0.2, 0) is 33.6 Å². The van der Waals surface area contributed by atoms with Crippen LogP contribution in [-0.4, -0.2) is 86.8 Å². The predicted octanol–water partition coefficient (Wildman–Crippen LogP) is -4.00. The minimum Gasteiger partial charge on any atom is -0.481 e. The van der Waals surface area contributed by atoms with Gasteiger partial charge in [-0.05, 0) is 6.42 Å². The summed E-state index contributed by atoms with van der Waals surface area (Å²) in [6, 6.07) is -6.25. The summed E-state index contributed by atoms with van der Waals surface area (Å²) >= 11 is 3.77. The topological polar surface area (TPSA) is 268 Å². The third-order valence-electron chi connectivity index (χ3n) is 3.85. The molecule has 0 saturated heterocycles. The van der Waals surface area contributed by atoms with E-state index in [2.05, 4.69) is 23.3 Å². The van der Waals surface area contributed by atoms with Gasteiger partial charge in [-0.2, -0.15) is 12.6 Å². The minimum absolute atomic E-state index is 0.309. The number of aliphatic carboxylic acids is 3. The van der Waals surface area contributed by atoms with E-state index in [0.717, 1.165) is 0 Å². The Kier molecular flexibility index (Phi) is 12.3. The van der Waals surface area contributed by atoms with Gasteiger partial charge in [-0.1, -0.05) is 0 Å². The number of thiol groups is 1. The predicted molar refractivity (Wildman–Crippen MR) is 108 cm³/mol. The largest absolute Gasteiger partial charge is 0.481 e. The number of amides is 4. The van der Waals surface area contributed by atoms with Crippen molar-refractivity contribution in [2.45, 2.75) is 49.9 Å². The Bertz CT molecular complexity index is 761. The zero-order valence-corrected chi connectivity index (χ0v) is 17.5. The first kappa shape index (κ1) is 28.6. The SMILES string of the molecule is NC(=O)CC(N)C(=O)NC(CC(=O)O)C(=O)NC(CCC(=O)O)C(=O)NC(CS)C(=O)O. The number of carbonyl (C=O) groups is 7. The second-order valence-corrected chi connectivity index (χ2v) is 6.88. The van der Waals surface area contributed by atoms with Gasteiger partial charge in [0.25, 0.3) is 0 Å². The second kappa shape index (κ2) is 13.8. The smallest absolute Gasteiger partial charge is 0.327 e. The van der Waals surface area contributed by atoms with Crippen LogP contribution in [0, 0.1) is 0 Å². The first-order valence-corrected chi connectivity index (χ1v) is 9.63. The van der Waals surface area contributed by atoms with Crippen LogP contribution < -0.4 is 27.4 Å². The lowest BCUT2D eigenvalue weighted by Gasteiger charge is -2.24. The third-order valence-corrected chi connectivity index (χ3v) is 4.21. The van der Waals surface area contributed by atoms with E-state index in [-0.39, 0.29) is 5.75 Å². The quantitative estimate of drug-likeness (QED) is 0.102. The number of hydrogen-bond acceptors (Lipinski definition) is 9. The number of carboxylic acids is 3. The van der Waals surface area contributed by atoms with Gasteiger partial charge in [-0.15, -0.1) is 0 Å². The van der Waals surface area contributed by atoms with Crippen molar-refractivity contribution in [3.63, 3.8) is 0 Å². The van der Waals surface area contributed by atoms with Crippen LogP contribution in [0.1, 0.15) is 25.7 Å². The van der Waals surface area contributed by atoms with Gasteiger partial charge in [-0.25, -0.2) is 4.79 Å². The number of nitrogens with one attached hydrogen (secondary N) is 3. The highest BCUT2D eigenvalue weighted by molar-refractivity contribution is 7.80. The van der Waals surface area contributed by atoms with Gasteiger partial charge in [0, 0.05) is 12.2 Å². The molecule has 4 atom stereocenters. The molecule has 4 amide bonds. The molecule has 0 aliphatic rings. The number of rotatable bonds is 15. The van der Waals surface area contributed by atoms with Gasteiger partial charge < -0.3 is 42.7 Å². The fourth-order valence-electron chi connectivity index (χ4n) is 2.24. The fraction of sp³-hybridized carbons (Fsp3) is 0.562. The molecule has 0 rings (SSSR count). The number of nitrogens with two attached hydrogens (primary N) is 2. The molecule has 16 heteroatoms. The van der Waals surface area contributed by atoms with Gasteiger partial charge in [0.15, 0.2) is 0 Å². The lowest BCUT2D eigenvalue weighted by molar-refractivity contribution is -0.143. The molecule has 0 heterocycles. The van der Waals surface area contributed by atoms with Crippen molar-refractivity contribution < 1.29 is 48.9 Å². The van der Waals surface area contributed by atoms with E-state index in [0.29, 0.717) is 0 Å². The summed E-state index contributed by atoms with van der Waals surface area (Å²) in [4.78, 5) is 80.8.